The Labute approximate surface area is 132 Å². The molecular weight excluding hydrogens is 276 g/mol. The number of rotatable bonds is 1. The molecule has 3 saturated carbocycles. The fourth-order valence-corrected chi connectivity index (χ4v) is 6.90. The molecule has 4 aliphatic rings. The number of fused-ring (bicyclic) bond motifs is 3. The standard InChI is InChI=1S/C19H28O3/c1-12-14-5-8-18-9-13(19(22,10-18)11-20)3-4-16(18)17(14,2)7-6-15(12)21/h13,16,20,22H,3-11H2,1-2H3. The summed E-state index contributed by atoms with van der Waals surface area (Å²) in [5.41, 5.74) is 1.92. The van der Waals surface area contributed by atoms with Gasteiger partial charge in [-0.15, -0.1) is 0 Å². The molecule has 0 aromatic heterocycles. The van der Waals surface area contributed by atoms with Gasteiger partial charge in [0, 0.05) is 6.42 Å². The van der Waals surface area contributed by atoms with Gasteiger partial charge in [-0.1, -0.05) is 12.5 Å². The van der Waals surface area contributed by atoms with Gasteiger partial charge >= 0.3 is 0 Å². The normalized spacial score (nSPS) is 50.8. The topological polar surface area (TPSA) is 57.5 Å². The number of allylic oxidation sites excluding steroid dienone is 2. The van der Waals surface area contributed by atoms with Crippen LogP contribution in [0.4, 0.5) is 0 Å². The minimum absolute atomic E-state index is 0.0942. The number of hydrogen-bond acceptors (Lipinski definition) is 3. The van der Waals surface area contributed by atoms with Crippen molar-refractivity contribution in [3.63, 3.8) is 0 Å². The number of ketones is 1. The Morgan fingerprint density at radius 3 is 2.73 bits per heavy atom. The van der Waals surface area contributed by atoms with Gasteiger partial charge in [-0.2, -0.15) is 0 Å². The Morgan fingerprint density at radius 1 is 1.23 bits per heavy atom. The molecule has 4 aliphatic carbocycles. The SMILES string of the molecule is CC1=C2CCC34CC(CCC3C2(C)CCC1=O)C(O)(CO)C4. The highest BCUT2D eigenvalue weighted by atomic mass is 16.3. The van der Waals surface area contributed by atoms with Crippen LogP contribution in [0.3, 0.4) is 0 Å². The average molecular weight is 304 g/mol. The van der Waals surface area contributed by atoms with Crippen molar-refractivity contribution >= 4 is 5.78 Å². The Balaban J connectivity index is 1.77. The molecule has 3 heteroatoms. The van der Waals surface area contributed by atoms with Crippen LogP contribution in [0.15, 0.2) is 11.1 Å². The zero-order valence-corrected chi connectivity index (χ0v) is 13.8. The summed E-state index contributed by atoms with van der Waals surface area (Å²) in [5, 5.41) is 20.6. The van der Waals surface area contributed by atoms with Crippen LogP contribution in [-0.2, 0) is 4.79 Å². The first-order valence-corrected chi connectivity index (χ1v) is 8.91. The van der Waals surface area contributed by atoms with Gasteiger partial charge in [-0.05, 0) is 80.1 Å². The third-order valence-corrected chi connectivity index (χ3v) is 7.96. The zero-order valence-electron chi connectivity index (χ0n) is 13.8. The molecule has 3 nitrogen and oxygen atoms in total. The highest BCUT2D eigenvalue weighted by Crippen LogP contribution is 2.70. The van der Waals surface area contributed by atoms with Crippen molar-refractivity contribution in [3.05, 3.63) is 11.1 Å². The fraction of sp³-hybridized carbons (Fsp3) is 0.842. The molecule has 0 aliphatic heterocycles. The molecule has 22 heavy (non-hydrogen) atoms. The van der Waals surface area contributed by atoms with Crippen LogP contribution in [0.25, 0.3) is 0 Å². The van der Waals surface area contributed by atoms with Crippen molar-refractivity contribution < 1.29 is 15.0 Å². The van der Waals surface area contributed by atoms with E-state index in [9.17, 15) is 15.0 Å². The minimum atomic E-state index is -0.855. The molecule has 0 aromatic rings. The first-order valence-electron chi connectivity index (χ1n) is 8.91. The second-order valence-electron chi connectivity index (χ2n) is 8.78. The van der Waals surface area contributed by atoms with Crippen LogP contribution in [-0.4, -0.2) is 28.2 Å². The van der Waals surface area contributed by atoms with Gasteiger partial charge in [-0.25, -0.2) is 0 Å². The smallest absolute Gasteiger partial charge is 0.158 e. The summed E-state index contributed by atoms with van der Waals surface area (Å²) in [6.07, 6.45) is 7.78. The lowest BCUT2D eigenvalue weighted by molar-refractivity contribution is -0.118. The molecule has 0 aromatic carbocycles. The highest BCUT2D eigenvalue weighted by Gasteiger charge is 2.64. The fourth-order valence-electron chi connectivity index (χ4n) is 6.90. The van der Waals surface area contributed by atoms with E-state index in [1.807, 2.05) is 6.92 Å². The Morgan fingerprint density at radius 2 is 2.00 bits per heavy atom. The predicted molar refractivity (Wildman–Crippen MR) is 84.2 cm³/mol. The van der Waals surface area contributed by atoms with Gasteiger partial charge in [0.15, 0.2) is 5.78 Å². The Hall–Kier alpha value is -0.670. The van der Waals surface area contributed by atoms with Gasteiger partial charge in [0.05, 0.1) is 12.2 Å². The molecule has 1 spiro atoms. The third-order valence-electron chi connectivity index (χ3n) is 7.96. The monoisotopic (exact) mass is 304 g/mol. The summed E-state index contributed by atoms with van der Waals surface area (Å²) < 4.78 is 0. The predicted octanol–water partition coefficient (Wildman–Crippen LogP) is 3.00. The van der Waals surface area contributed by atoms with Crippen LogP contribution in [0, 0.1) is 22.7 Å². The van der Waals surface area contributed by atoms with E-state index in [-0.39, 0.29) is 23.4 Å². The molecule has 0 heterocycles. The molecule has 0 saturated heterocycles. The number of aliphatic hydroxyl groups excluding tert-OH is 1. The van der Waals surface area contributed by atoms with Crippen molar-refractivity contribution in [2.75, 3.05) is 6.61 Å². The summed E-state index contributed by atoms with van der Waals surface area (Å²) in [4.78, 5) is 12.1. The summed E-state index contributed by atoms with van der Waals surface area (Å²) in [5.74, 6) is 1.19. The Bertz CT molecular complexity index is 565. The summed E-state index contributed by atoms with van der Waals surface area (Å²) in [7, 11) is 0. The van der Waals surface area contributed by atoms with Gasteiger partial charge in [-0.3, -0.25) is 4.79 Å². The van der Waals surface area contributed by atoms with Gasteiger partial charge in [0.2, 0.25) is 0 Å². The maximum atomic E-state index is 12.1. The molecule has 2 bridgehead atoms. The van der Waals surface area contributed by atoms with Crippen LogP contribution in [0.5, 0.6) is 0 Å². The van der Waals surface area contributed by atoms with Crippen molar-refractivity contribution in [2.45, 2.75) is 70.8 Å². The van der Waals surface area contributed by atoms with Crippen LogP contribution < -0.4 is 0 Å². The molecule has 0 amide bonds. The summed E-state index contributed by atoms with van der Waals surface area (Å²) in [6.45, 7) is 4.31. The lowest BCUT2D eigenvalue weighted by Crippen LogP contribution is -2.49. The van der Waals surface area contributed by atoms with Crippen molar-refractivity contribution in [3.8, 4) is 0 Å². The van der Waals surface area contributed by atoms with Crippen LogP contribution in [0.1, 0.15) is 65.2 Å². The molecule has 5 unspecified atom stereocenters. The third kappa shape index (κ3) is 1.67. The number of Topliss-reactive ketones (excluding diaryl/α,β-unsaturated/α-hetero) is 1. The second kappa shape index (κ2) is 4.45. The van der Waals surface area contributed by atoms with Crippen molar-refractivity contribution in [1.82, 2.24) is 0 Å². The van der Waals surface area contributed by atoms with Gasteiger partial charge < -0.3 is 10.2 Å². The van der Waals surface area contributed by atoms with E-state index in [2.05, 4.69) is 6.92 Å². The molecule has 122 valence electrons. The van der Waals surface area contributed by atoms with E-state index >= 15 is 0 Å². The van der Waals surface area contributed by atoms with Crippen LogP contribution in [0.2, 0.25) is 0 Å². The first-order chi connectivity index (χ1) is 10.3. The molecule has 5 atom stereocenters. The van der Waals surface area contributed by atoms with Crippen molar-refractivity contribution in [2.24, 2.45) is 22.7 Å². The maximum Gasteiger partial charge on any atom is 0.158 e. The summed E-state index contributed by atoms with van der Waals surface area (Å²) in [6, 6.07) is 0. The average Bonchev–Trinajstić information content (AvgIpc) is 2.71. The zero-order chi connectivity index (χ0) is 15.8. The molecular formula is C19H28O3. The number of hydrogen-bond donors (Lipinski definition) is 2. The second-order valence-corrected chi connectivity index (χ2v) is 8.78. The van der Waals surface area contributed by atoms with Gasteiger partial charge in [0.25, 0.3) is 0 Å². The molecule has 0 radical (unpaired) electrons. The lowest BCUT2D eigenvalue weighted by atomic mass is 9.47. The number of carbonyl (C=O) groups is 1. The number of aliphatic hydroxyl groups is 2. The van der Waals surface area contributed by atoms with E-state index in [0.717, 1.165) is 50.5 Å². The van der Waals surface area contributed by atoms with Crippen molar-refractivity contribution in [1.29, 1.82) is 0 Å². The van der Waals surface area contributed by atoms with Crippen LogP contribution >= 0.6 is 0 Å². The molecule has 2 N–H and O–H groups in total. The van der Waals surface area contributed by atoms with E-state index in [4.69, 9.17) is 0 Å². The quantitative estimate of drug-likeness (QED) is 0.783. The highest BCUT2D eigenvalue weighted by molar-refractivity contribution is 5.96. The van der Waals surface area contributed by atoms with E-state index < -0.39 is 5.60 Å². The first kappa shape index (κ1) is 14.9. The Kier molecular flexibility index (Phi) is 3.01. The van der Waals surface area contributed by atoms with E-state index in [1.54, 1.807) is 0 Å². The largest absolute Gasteiger partial charge is 0.393 e. The number of carbonyl (C=O) groups excluding carboxylic acids is 1. The van der Waals surface area contributed by atoms with E-state index in [1.165, 1.54) is 5.57 Å². The minimum Gasteiger partial charge on any atom is -0.393 e. The van der Waals surface area contributed by atoms with E-state index in [0.29, 0.717) is 18.1 Å². The summed E-state index contributed by atoms with van der Waals surface area (Å²) >= 11 is 0. The lowest BCUT2D eigenvalue weighted by Gasteiger charge is -2.57. The molecule has 3 fully saturated rings. The molecule has 4 rings (SSSR count). The van der Waals surface area contributed by atoms with Gasteiger partial charge in [0.1, 0.15) is 0 Å². The maximum absolute atomic E-state index is 12.1.